The van der Waals surface area contributed by atoms with E-state index in [-0.39, 0.29) is 17.6 Å². The molecule has 3 rings (SSSR count). The van der Waals surface area contributed by atoms with Crippen LogP contribution >= 0.6 is 0 Å². The summed E-state index contributed by atoms with van der Waals surface area (Å²) in [5.74, 6) is 0. The smallest absolute Gasteiger partial charge is 0.0783 e. The fourth-order valence-electron chi connectivity index (χ4n) is 3.10. The fourth-order valence-corrected chi connectivity index (χ4v) is 3.10. The van der Waals surface area contributed by atoms with Crippen LogP contribution in [0.2, 0.25) is 0 Å². The zero-order chi connectivity index (χ0) is 14.2. The molecule has 106 valence electrons. The first-order chi connectivity index (χ1) is 9.55. The molecule has 1 aliphatic rings. The number of nitrogens with zero attached hydrogens (tertiary/aromatic N) is 2. The molecular formula is C17H22N2O. The lowest BCUT2D eigenvalue weighted by Crippen LogP contribution is -2.35. The molecule has 2 aromatic rings. The Hall–Kier alpha value is -1.61. The van der Waals surface area contributed by atoms with Crippen LogP contribution in [-0.2, 0) is 0 Å². The molecule has 1 aliphatic carbocycles. The highest BCUT2D eigenvalue weighted by Gasteiger charge is 2.35. The van der Waals surface area contributed by atoms with Crippen molar-refractivity contribution in [1.82, 2.24) is 9.78 Å². The number of benzene rings is 1. The zero-order valence-electron chi connectivity index (χ0n) is 12.2. The molecule has 1 heterocycles. The van der Waals surface area contributed by atoms with Crippen LogP contribution in [0.1, 0.15) is 39.2 Å². The van der Waals surface area contributed by atoms with E-state index in [0.29, 0.717) is 0 Å². The molecule has 0 saturated heterocycles. The summed E-state index contributed by atoms with van der Waals surface area (Å²) < 4.78 is 1.95. The lowest BCUT2D eigenvalue weighted by atomic mass is 9.74. The molecule has 2 unspecified atom stereocenters. The van der Waals surface area contributed by atoms with Gasteiger partial charge in [-0.05, 0) is 30.2 Å². The largest absolute Gasteiger partial charge is 0.391 e. The molecule has 3 nitrogen and oxygen atoms in total. The van der Waals surface area contributed by atoms with E-state index in [9.17, 15) is 5.11 Å². The first-order valence-corrected chi connectivity index (χ1v) is 7.33. The summed E-state index contributed by atoms with van der Waals surface area (Å²) in [6.45, 7) is 4.54. The average Bonchev–Trinajstić information content (AvgIpc) is 2.92. The maximum atomic E-state index is 10.3. The topological polar surface area (TPSA) is 38.0 Å². The van der Waals surface area contributed by atoms with Gasteiger partial charge < -0.3 is 5.11 Å². The van der Waals surface area contributed by atoms with Gasteiger partial charge in [0, 0.05) is 11.8 Å². The maximum Gasteiger partial charge on any atom is 0.0783 e. The Morgan fingerprint density at radius 2 is 1.95 bits per heavy atom. The second-order valence-electron chi connectivity index (χ2n) is 6.62. The third-order valence-electron chi connectivity index (χ3n) is 4.37. The van der Waals surface area contributed by atoms with Crippen molar-refractivity contribution in [3.05, 3.63) is 42.7 Å². The number of hydrogen-bond acceptors (Lipinski definition) is 2. The van der Waals surface area contributed by atoms with E-state index in [4.69, 9.17) is 0 Å². The van der Waals surface area contributed by atoms with Gasteiger partial charge in [-0.1, -0.05) is 44.2 Å². The van der Waals surface area contributed by atoms with E-state index >= 15 is 0 Å². The predicted molar refractivity (Wildman–Crippen MR) is 80.3 cm³/mol. The summed E-state index contributed by atoms with van der Waals surface area (Å²) >= 11 is 0. The van der Waals surface area contributed by atoms with Gasteiger partial charge in [-0.25, -0.2) is 0 Å². The summed E-state index contributed by atoms with van der Waals surface area (Å²) in [6.07, 6.45) is 6.58. The molecule has 1 N–H and O–H groups in total. The van der Waals surface area contributed by atoms with Gasteiger partial charge in [-0.2, -0.15) is 5.10 Å². The molecule has 0 radical (unpaired) electrons. The molecule has 1 aromatic carbocycles. The standard InChI is InChI=1S/C17H22N2O/c1-17(2)9-8-16(20)15(10-17)19-12-14(11-18-19)13-6-4-3-5-7-13/h3-7,11-12,15-16,20H,8-10H2,1-2H3. The first kappa shape index (κ1) is 13.4. The Balaban J connectivity index is 1.86. The van der Waals surface area contributed by atoms with Gasteiger partial charge in [0.15, 0.2) is 0 Å². The Labute approximate surface area is 120 Å². The van der Waals surface area contributed by atoms with Gasteiger partial charge in [-0.15, -0.1) is 0 Å². The van der Waals surface area contributed by atoms with E-state index in [1.165, 1.54) is 5.56 Å². The zero-order valence-corrected chi connectivity index (χ0v) is 12.2. The van der Waals surface area contributed by atoms with Crippen LogP contribution in [0.3, 0.4) is 0 Å². The van der Waals surface area contributed by atoms with Crippen LogP contribution < -0.4 is 0 Å². The van der Waals surface area contributed by atoms with Crippen molar-refractivity contribution < 1.29 is 5.11 Å². The van der Waals surface area contributed by atoms with Crippen LogP contribution in [0.5, 0.6) is 0 Å². The summed E-state index contributed by atoms with van der Waals surface area (Å²) in [5, 5.41) is 14.8. The van der Waals surface area contributed by atoms with Crippen molar-refractivity contribution >= 4 is 0 Å². The molecule has 0 spiro atoms. The molecule has 20 heavy (non-hydrogen) atoms. The Bertz CT molecular complexity index is 574. The fraction of sp³-hybridized carbons (Fsp3) is 0.471. The Morgan fingerprint density at radius 1 is 1.20 bits per heavy atom. The maximum absolute atomic E-state index is 10.3. The van der Waals surface area contributed by atoms with Crippen LogP contribution in [0.25, 0.3) is 11.1 Å². The van der Waals surface area contributed by atoms with Crippen LogP contribution in [0.15, 0.2) is 42.7 Å². The van der Waals surface area contributed by atoms with Crippen molar-refractivity contribution in [3.8, 4) is 11.1 Å². The quantitative estimate of drug-likeness (QED) is 0.904. The first-order valence-electron chi connectivity index (χ1n) is 7.33. The summed E-state index contributed by atoms with van der Waals surface area (Å²) in [6, 6.07) is 10.3. The van der Waals surface area contributed by atoms with Crippen LogP contribution in [0, 0.1) is 5.41 Å². The van der Waals surface area contributed by atoms with E-state index in [0.717, 1.165) is 24.8 Å². The van der Waals surface area contributed by atoms with Crippen molar-refractivity contribution in [2.45, 2.75) is 45.3 Å². The lowest BCUT2D eigenvalue weighted by molar-refractivity contribution is 0.0228. The highest BCUT2D eigenvalue weighted by Crippen LogP contribution is 2.41. The second kappa shape index (κ2) is 5.06. The summed E-state index contributed by atoms with van der Waals surface area (Å²) in [5.41, 5.74) is 2.56. The molecular weight excluding hydrogens is 248 g/mol. The summed E-state index contributed by atoms with van der Waals surface area (Å²) in [4.78, 5) is 0. The number of rotatable bonds is 2. The van der Waals surface area contributed by atoms with Crippen LogP contribution in [-0.4, -0.2) is 21.0 Å². The molecule has 1 aromatic heterocycles. The SMILES string of the molecule is CC1(C)CCC(O)C(n2cc(-c3ccccc3)cn2)C1. The lowest BCUT2D eigenvalue weighted by Gasteiger charge is -2.38. The minimum atomic E-state index is -0.286. The monoisotopic (exact) mass is 270 g/mol. The van der Waals surface area contributed by atoms with E-state index in [1.54, 1.807) is 0 Å². The highest BCUT2D eigenvalue weighted by molar-refractivity contribution is 5.61. The molecule has 1 fully saturated rings. The minimum absolute atomic E-state index is 0.0937. The summed E-state index contributed by atoms with van der Waals surface area (Å²) in [7, 11) is 0. The van der Waals surface area contributed by atoms with E-state index < -0.39 is 0 Å². The van der Waals surface area contributed by atoms with Gasteiger partial charge in [0.2, 0.25) is 0 Å². The van der Waals surface area contributed by atoms with Crippen molar-refractivity contribution in [2.75, 3.05) is 0 Å². The normalized spacial score (nSPS) is 25.6. The molecule has 1 saturated carbocycles. The third kappa shape index (κ3) is 2.63. The Morgan fingerprint density at radius 3 is 2.70 bits per heavy atom. The van der Waals surface area contributed by atoms with Crippen molar-refractivity contribution in [3.63, 3.8) is 0 Å². The molecule has 0 amide bonds. The van der Waals surface area contributed by atoms with Crippen LogP contribution in [0.4, 0.5) is 0 Å². The van der Waals surface area contributed by atoms with Crippen molar-refractivity contribution in [1.29, 1.82) is 0 Å². The predicted octanol–water partition coefficient (Wildman–Crippen LogP) is 3.66. The Kier molecular flexibility index (Phi) is 3.38. The number of hydrogen-bond donors (Lipinski definition) is 1. The number of aromatic nitrogens is 2. The number of aliphatic hydroxyl groups excluding tert-OH is 1. The van der Waals surface area contributed by atoms with Gasteiger partial charge in [0.25, 0.3) is 0 Å². The molecule has 2 atom stereocenters. The van der Waals surface area contributed by atoms with E-state index in [1.807, 2.05) is 29.1 Å². The van der Waals surface area contributed by atoms with Crippen molar-refractivity contribution in [2.24, 2.45) is 5.41 Å². The molecule has 0 bridgehead atoms. The third-order valence-corrected chi connectivity index (χ3v) is 4.37. The van der Waals surface area contributed by atoms with Gasteiger partial charge in [0.1, 0.15) is 0 Å². The average molecular weight is 270 g/mol. The molecule has 3 heteroatoms. The minimum Gasteiger partial charge on any atom is -0.391 e. The highest BCUT2D eigenvalue weighted by atomic mass is 16.3. The van der Waals surface area contributed by atoms with Gasteiger partial charge in [0.05, 0.1) is 18.3 Å². The second-order valence-corrected chi connectivity index (χ2v) is 6.62. The molecule has 0 aliphatic heterocycles. The van der Waals surface area contributed by atoms with E-state index in [2.05, 4.69) is 37.3 Å². The number of aliphatic hydroxyl groups is 1. The van der Waals surface area contributed by atoms with Gasteiger partial charge >= 0.3 is 0 Å². The van der Waals surface area contributed by atoms with Gasteiger partial charge in [-0.3, -0.25) is 4.68 Å².